The molecule has 1 N–H and O–H groups in total. The predicted molar refractivity (Wildman–Crippen MR) is 97.3 cm³/mol. The first-order chi connectivity index (χ1) is 11.8. The van der Waals surface area contributed by atoms with Crippen LogP contribution in [0.1, 0.15) is 11.1 Å². The molecular weight excluding hydrogens is 385 g/mol. The molecule has 0 saturated carbocycles. The van der Waals surface area contributed by atoms with E-state index < -0.39 is 20.5 Å². The van der Waals surface area contributed by atoms with Crippen LogP contribution in [-0.4, -0.2) is 20.6 Å². The Morgan fingerprint density at radius 2 is 2.00 bits per heavy atom. The van der Waals surface area contributed by atoms with E-state index in [0.717, 1.165) is 6.08 Å². The van der Waals surface area contributed by atoms with Crippen molar-refractivity contribution in [3.63, 3.8) is 0 Å². The maximum atomic E-state index is 12.5. The second-order valence-corrected chi connectivity index (χ2v) is 7.84. The van der Waals surface area contributed by atoms with Crippen LogP contribution in [0.5, 0.6) is 11.5 Å². The van der Waals surface area contributed by atoms with Crippen LogP contribution in [-0.2, 0) is 15.6 Å². The average molecular weight is 398 g/mol. The second-order valence-electron chi connectivity index (χ2n) is 5.04. The number of ether oxygens (including phenoxy) is 1. The van der Waals surface area contributed by atoms with Gasteiger partial charge in [0.05, 0.1) is 12.9 Å². The Bertz CT molecular complexity index is 979. The molecule has 8 heteroatoms. The zero-order valence-corrected chi connectivity index (χ0v) is 15.4. The van der Waals surface area contributed by atoms with Crippen LogP contribution in [0.3, 0.4) is 0 Å². The van der Waals surface area contributed by atoms with Gasteiger partial charge in [0.15, 0.2) is 9.84 Å². The Morgan fingerprint density at radius 3 is 2.56 bits per heavy atom. The summed E-state index contributed by atoms with van der Waals surface area (Å²) in [5.74, 6) is -0.255. The number of hydrogen-bond donors (Lipinski definition) is 1. The molecule has 0 radical (unpaired) electrons. The number of allylic oxidation sites excluding steroid dienone is 1. The molecule has 0 amide bonds. The first-order valence-electron chi connectivity index (χ1n) is 6.92. The second kappa shape index (κ2) is 7.79. The number of phenolic OH excluding ortho intramolecular Hbond substituents is 1. The van der Waals surface area contributed by atoms with Gasteiger partial charge in [-0.1, -0.05) is 29.3 Å². The van der Waals surface area contributed by atoms with Gasteiger partial charge in [0.1, 0.15) is 22.5 Å². The monoisotopic (exact) mass is 397 g/mol. The van der Waals surface area contributed by atoms with Crippen LogP contribution in [0.15, 0.2) is 41.3 Å². The van der Waals surface area contributed by atoms with E-state index >= 15 is 0 Å². The molecule has 0 aliphatic heterocycles. The molecule has 0 aliphatic carbocycles. The third-order valence-electron chi connectivity index (χ3n) is 3.33. The van der Waals surface area contributed by atoms with Gasteiger partial charge in [-0.15, -0.1) is 0 Å². The minimum atomic E-state index is -3.96. The normalized spacial score (nSPS) is 11.8. The lowest BCUT2D eigenvalue weighted by molar-refractivity contribution is 0.407. The molecule has 2 aromatic rings. The van der Waals surface area contributed by atoms with Gasteiger partial charge in [-0.25, -0.2) is 8.42 Å². The van der Waals surface area contributed by atoms with E-state index in [9.17, 15) is 18.8 Å². The highest BCUT2D eigenvalue weighted by Gasteiger charge is 2.21. The lowest BCUT2D eigenvalue weighted by atomic mass is 10.2. The zero-order chi connectivity index (χ0) is 18.6. The number of hydrogen-bond acceptors (Lipinski definition) is 5. The zero-order valence-electron chi connectivity index (χ0n) is 13.0. The molecule has 130 valence electrons. The maximum Gasteiger partial charge on any atom is 0.192 e. The highest BCUT2D eigenvalue weighted by atomic mass is 35.5. The number of methoxy groups -OCH3 is 1. The number of benzene rings is 2. The van der Waals surface area contributed by atoms with E-state index in [4.69, 9.17) is 27.9 Å². The van der Waals surface area contributed by atoms with Gasteiger partial charge in [-0.3, -0.25) is 0 Å². The topological polar surface area (TPSA) is 87.4 Å². The van der Waals surface area contributed by atoms with Crippen LogP contribution in [0.2, 0.25) is 10.0 Å². The number of aromatic hydroxyl groups is 1. The average Bonchev–Trinajstić information content (AvgIpc) is 2.56. The fourth-order valence-electron chi connectivity index (χ4n) is 2.03. The standard InChI is InChI=1S/C17H13Cl2NO4S/c1-24-14-5-3-11(17(21)8-14)6-15(9-20)25(22,23)10-12-2-4-13(18)7-16(12)19/h2-8,21H,10H2,1H3. The summed E-state index contributed by atoms with van der Waals surface area (Å²) in [4.78, 5) is -0.487. The van der Waals surface area contributed by atoms with Crippen molar-refractivity contribution >= 4 is 39.1 Å². The quantitative estimate of drug-likeness (QED) is 0.764. The molecule has 5 nitrogen and oxygen atoms in total. The Labute approximate surface area is 155 Å². The van der Waals surface area contributed by atoms with Gasteiger partial charge in [0.2, 0.25) is 0 Å². The van der Waals surface area contributed by atoms with Crippen LogP contribution < -0.4 is 4.74 Å². The largest absolute Gasteiger partial charge is 0.507 e. The van der Waals surface area contributed by atoms with E-state index in [2.05, 4.69) is 0 Å². The summed E-state index contributed by atoms with van der Waals surface area (Å²) in [6.07, 6.45) is 1.11. The van der Waals surface area contributed by atoms with Crippen LogP contribution >= 0.6 is 23.2 Å². The van der Waals surface area contributed by atoms with Crippen molar-refractivity contribution in [1.29, 1.82) is 5.26 Å². The van der Waals surface area contributed by atoms with Gasteiger partial charge in [0, 0.05) is 21.7 Å². The van der Waals surface area contributed by atoms with Crippen molar-refractivity contribution in [2.45, 2.75) is 5.75 Å². The molecule has 0 unspecified atom stereocenters. The Kier molecular flexibility index (Phi) is 5.96. The number of halogens is 2. The SMILES string of the molecule is COc1ccc(C=C(C#N)S(=O)(=O)Cc2ccc(Cl)cc2Cl)c(O)c1. The van der Waals surface area contributed by atoms with Crippen molar-refractivity contribution in [2.75, 3.05) is 7.11 Å². The summed E-state index contributed by atoms with van der Waals surface area (Å²) < 4.78 is 30.0. The maximum absolute atomic E-state index is 12.5. The lowest BCUT2D eigenvalue weighted by Crippen LogP contribution is -2.07. The summed E-state index contributed by atoms with van der Waals surface area (Å²) >= 11 is 11.8. The molecule has 2 rings (SSSR count). The smallest absolute Gasteiger partial charge is 0.192 e. The van der Waals surface area contributed by atoms with E-state index in [0.29, 0.717) is 16.3 Å². The first-order valence-corrected chi connectivity index (χ1v) is 9.33. The molecule has 25 heavy (non-hydrogen) atoms. The minimum Gasteiger partial charge on any atom is -0.507 e. The minimum absolute atomic E-state index is 0.183. The van der Waals surface area contributed by atoms with Gasteiger partial charge in [0.25, 0.3) is 0 Å². The van der Waals surface area contributed by atoms with Crippen molar-refractivity contribution in [3.8, 4) is 17.6 Å². The summed E-state index contributed by atoms with van der Waals surface area (Å²) in [7, 11) is -2.53. The number of sulfone groups is 1. The Balaban J connectivity index is 2.40. The Morgan fingerprint density at radius 1 is 1.28 bits per heavy atom. The van der Waals surface area contributed by atoms with Gasteiger partial charge in [-0.2, -0.15) is 5.26 Å². The summed E-state index contributed by atoms with van der Waals surface area (Å²) in [6, 6.07) is 10.4. The van der Waals surface area contributed by atoms with Crippen molar-refractivity contribution in [2.24, 2.45) is 0 Å². The molecule has 0 fully saturated rings. The summed E-state index contributed by atoms with van der Waals surface area (Å²) in [6.45, 7) is 0. The number of phenols is 1. The number of rotatable bonds is 5. The first kappa shape index (κ1) is 19.1. The fraction of sp³-hybridized carbons (Fsp3) is 0.118. The highest BCUT2D eigenvalue weighted by Crippen LogP contribution is 2.28. The third-order valence-corrected chi connectivity index (χ3v) is 5.49. The molecular formula is C17H13Cl2NO4S. The van der Waals surface area contributed by atoms with Crippen molar-refractivity contribution < 1.29 is 18.3 Å². The van der Waals surface area contributed by atoms with Crippen LogP contribution in [0, 0.1) is 11.3 Å². The molecule has 0 saturated heterocycles. The number of nitriles is 1. The molecule has 0 aliphatic rings. The van der Waals surface area contributed by atoms with Crippen molar-refractivity contribution in [3.05, 3.63) is 62.5 Å². The molecule has 0 atom stereocenters. The third kappa shape index (κ3) is 4.67. The molecule has 0 heterocycles. The van der Waals surface area contributed by atoms with E-state index in [1.165, 1.54) is 37.4 Å². The summed E-state index contributed by atoms with van der Waals surface area (Å²) in [5.41, 5.74) is 0.509. The summed E-state index contributed by atoms with van der Waals surface area (Å²) in [5, 5.41) is 19.8. The lowest BCUT2D eigenvalue weighted by Gasteiger charge is -2.07. The van der Waals surface area contributed by atoms with Crippen LogP contribution in [0.25, 0.3) is 6.08 Å². The molecule has 2 aromatic carbocycles. The highest BCUT2D eigenvalue weighted by molar-refractivity contribution is 7.95. The predicted octanol–water partition coefficient (Wildman–Crippen LogP) is 4.19. The van der Waals surface area contributed by atoms with E-state index in [-0.39, 0.29) is 16.3 Å². The van der Waals surface area contributed by atoms with Gasteiger partial charge in [-0.05, 0) is 35.9 Å². The van der Waals surface area contributed by atoms with Gasteiger partial charge < -0.3 is 9.84 Å². The van der Waals surface area contributed by atoms with Crippen molar-refractivity contribution in [1.82, 2.24) is 0 Å². The fourth-order valence-corrected chi connectivity index (χ4v) is 3.84. The molecule has 0 aromatic heterocycles. The Hall–Kier alpha value is -2.20. The van der Waals surface area contributed by atoms with Crippen LogP contribution in [0.4, 0.5) is 0 Å². The van der Waals surface area contributed by atoms with E-state index in [1.807, 2.05) is 0 Å². The molecule has 0 bridgehead atoms. The van der Waals surface area contributed by atoms with E-state index in [1.54, 1.807) is 12.1 Å². The molecule has 0 spiro atoms. The van der Waals surface area contributed by atoms with Gasteiger partial charge >= 0.3 is 0 Å². The number of nitrogens with zero attached hydrogens (tertiary/aromatic N) is 1.